The average molecular weight is 325 g/mol. The zero-order chi connectivity index (χ0) is 15.1. The van der Waals surface area contributed by atoms with Gasteiger partial charge in [0, 0.05) is 22.4 Å². The van der Waals surface area contributed by atoms with Crippen LogP contribution in [0.4, 0.5) is 0 Å². The lowest BCUT2D eigenvalue weighted by Crippen LogP contribution is -2.24. The number of carboxylic acid groups (broad SMARTS) is 1. The van der Waals surface area contributed by atoms with Crippen molar-refractivity contribution in [1.82, 2.24) is 0 Å². The number of halogens is 1. The van der Waals surface area contributed by atoms with Crippen molar-refractivity contribution in [2.24, 2.45) is 0 Å². The first-order valence-corrected chi connectivity index (χ1v) is 7.67. The smallest absolute Gasteiger partial charge is 0.345 e. The van der Waals surface area contributed by atoms with Gasteiger partial charge >= 0.3 is 5.97 Å². The van der Waals surface area contributed by atoms with Gasteiger partial charge in [0.05, 0.1) is 5.02 Å². The van der Waals surface area contributed by atoms with Crippen LogP contribution in [0.5, 0.6) is 5.75 Å². The van der Waals surface area contributed by atoms with Crippen LogP contribution >= 0.6 is 22.9 Å². The number of rotatable bonds is 3. The molecule has 0 bridgehead atoms. The van der Waals surface area contributed by atoms with Crippen LogP contribution in [0.3, 0.4) is 0 Å². The van der Waals surface area contributed by atoms with Gasteiger partial charge in [0.1, 0.15) is 11.9 Å². The summed E-state index contributed by atoms with van der Waals surface area (Å²) in [5.41, 5.74) is 2.03. The number of fused-ring (bicyclic) bond motifs is 1. The van der Waals surface area contributed by atoms with Gasteiger partial charge in [-0.1, -0.05) is 17.7 Å². The molecule has 6 heteroatoms. The molecule has 21 heavy (non-hydrogen) atoms. The number of aliphatic hydroxyl groups excluding tert-OH is 1. The molecule has 0 spiro atoms. The predicted molar refractivity (Wildman–Crippen MR) is 80.3 cm³/mol. The Morgan fingerprint density at radius 2 is 2.33 bits per heavy atom. The third-order valence-electron chi connectivity index (χ3n) is 3.59. The predicted octanol–water partition coefficient (Wildman–Crippen LogP) is 3.18. The second-order valence-electron chi connectivity index (χ2n) is 4.96. The molecule has 0 aliphatic carbocycles. The van der Waals surface area contributed by atoms with Gasteiger partial charge in [-0.05, 0) is 30.0 Å². The first-order valence-electron chi connectivity index (χ1n) is 6.42. The molecule has 1 aliphatic heterocycles. The maximum Gasteiger partial charge on any atom is 0.345 e. The van der Waals surface area contributed by atoms with Crippen LogP contribution in [0.25, 0.3) is 0 Å². The normalized spacial score (nSPS) is 18.1. The van der Waals surface area contributed by atoms with Gasteiger partial charge in [0.2, 0.25) is 0 Å². The van der Waals surface area contributed by atoms with Gasteiger partial charge in [-0.15, -0.1) is 11.3 Å². The lowest BCUT2D eigenvalue weighted by Gasteiger charge is -2.15. The molecule has 0 radical (unpaired) electrons. The van der Waals surface area contributed by atoms with E-state index in [9.17, 15) is 9.90 Å². The number of carboxylic acids is 1. The third kappa shape index (κ3) is 2.41. The van der Waals surface area contributed by atoms with Crippen molar-refractivity contribution in [2.75, 3.05) is 0 Å². The van der Waals surface area contributed by atoms with Gasteiger partial charge in [0.15, 0.2) is 6.10 Å². The number of benzene rings is 1. The van der Waals surface area contributed by atoms with Gasteiger partial charge in [0.25, 0.3) is 0 Å². The number of ether oxygens (including phenoxy) is 1. The van der Waals surface area contributed by atoms with Crippen LogP contribution in [-0.2, 0) is 11.2 Å². The number of thiophene rings is 1. The molecule has 2 atom stereocenters. The molecule has 0 amide bonds. The summed E-state index contributed by atoms with van der Waals surface area (Å²) in [6.45, 7) is 1.77. The Morgan fingerprint density at radius 1 is 1.57 bits per heavy atom. The van der Waals surface area contributed by atoms with Gasteiger partial charge in [-0.25, -0.2) is 4.79 Å². The molecule has 2 heterocycles. The molecule has 2 N–H and O–H groups in total. The van der Waals surface area contributed by atoms with Crippen LogP contribution in [0.2, 0.25) is 5.02 Å². The summed E-state index contributed by atoms with van der Waals surface area (Å²) in [5.74, 6) is -0.475. The fourth-order valence-corrected chi connectivity index (χ4v) is 3.48. The number of hydrogen-bond donors (Lipinski definition) is 2. The maximum atomic E-state index is 11.1. The first kappa shape index (κ1) is 14.4. The van der Waals surface area contributed by atoms with Crippen molar-refractivity contribution in [3.05, 3.63) is 50.2 Å². The van der Waals surface area contributed by atoms with E-state index in [2.05, 4.69) is 0 Å². The highest BCUT2D eigenvalue weighted by atomic mass is 35.5. The summed E-state index contributed by atoms with van der Waals surface area (Å²) in [6.07, 6.45) is -1.42. The van der Waals surface area contributed by atoms with Crippen LogP contribution in [0, 0.1) is 6.92 Å². The molecule has 1 aromatic carbocycles. The van der Waals surface area contributed by atoms with E-state index in [4.69, 9.17) is 21.4 Å². The number of aliphatic carboxylic acids is 1. The van der Waals surface area contributed by atoms with E-state index >= 15 is 0 Å². The molecule has 0 fully saturated rings. The topological polar surface area (TPSA) is 66.8 Å². The Balaban J connectivity index is 2.04. The summed E-state index contributed by atoms with van der Waals surface area (Å²) >= 11 is 7.78. The molecule has 0 saturated carbocycles. The van der Waals surface area contributed by atoms with Gasteiger partial charge in [-0.3, -0.25) is 0 Å². The van der Waals surface area contributed by atoms with Gasteiger partial charge < -0.3 is 14.9 Å². The Labute approximate surface area is 130 Å². The summed E-state index contributed by atoms with van der Waals surface area (Å²) in [7, 11) is 0. The Bertz CT molecular complexity index is 696. The average Bonchev–Trinajstić information content (AvgIpc) is 3.10. The summed E-state index contributed by atoms with van der Waals surface area (Å²) in [4.78, 5) is 11.9. The zero-order valence-electron chi connectivity index (χ0n) is 11.2. The zero-order valence-corrected chi connectivity index (χ0v) is 12.7. The Morgan fingerprint density at radius 3 is 2.95 bits per heavy atom. The molecule has 1 aliphatic rings. The highest BCUT2D eigenvalue weighted by Gasteiger charge is 2.32. The molecular formula is C15H13ClO4S. The first-order chi connectivity index (χ1) is 9.99. The summed E-state index contributed by atoms with van der Waals surface area (Å²) < 4.78 is 5.44. The highest BCUT2D eigenvalue weighted by Crippen LogP contribution is 2.42. The fourth-order valence-electron chi connectivity index (χ4n) is 2.51. The maximum absolute atomic E-state index is 11.1. The van der Waals surface area contributed by atoms with E-state index in [1.54, 1.807) is 13.0 Å². The van der Waals surface area contributed by atoms with Crippen molar-refractivity contribution in [2.45, 2.75) is 25.6 Å². The minimum absolute atomic E-state index is 0.285. The van der Waals surface area contributed by atoms with Crippen molar-refractivity contribution < 1.29 is 19.7 Å². The van der Waals surface area contributed by atoms with Crippen molar-refractivity contribution >= 4 is 28.9 Å². The fraction of sp³-hybridized carbons (Fsp3) is 0.267. The molecule has 2 unspecified atom stereocenters. The van der Waals surface area contributed by atoms with E-state index < -0.39 is 18.2 Å². The van der Waals surface area contributed by atoms with Crippen LogP contribution in [0.1, 0.15) is 27.7 Å². The van der Waals surface area contributed by atoms with Crippen LogP contribution in [-0.4, -0.2) is 22.3 Å². The van der Waals surface area contributed by atoms with Crippen molar-refractivity contribution in [3.63, 3.8) is 0 Å². The summed E-state index contributed by atoms with van der Waals surface area (Å²) in [5, 5.41) is 21.8. The van der Waals surface area contributed by atoms with E-state index in [1.807, 2.05) is 17.5 Å². The van der Waals surface area contributed by atoms with E-state index in [1.165, 1.54) is 11.3 Å². The molecule has 3 rings (SSSR count). The Kier molecular flexibility index (Phi) is 3.65. The number of aliphatic hydroxyl groups is 1. The molecule has 2 aromatic rings. The largest absolute Gasteiger partial charge is 0.478 e. The third-order valence-corrected chi connectivity index (χ3v) is 5.02. The quantitative estimate of drug-likeness (QED) is 0.910. The lowest BCUT2D eigenvalue weighted by atomic mass is 9.99. The SMILES string of the molecule is Cc1c(Cl)c(C(O)c2cccs2)cc2c1OC(C(=O)O)C2. The second-order valence-corrected chi connectivity index (χ2v) is 6.32. The summed E-state index contributed by atoms with van der Waals surface area (Å²) in [6, 6.07) is 5.45. The molecular weight excluding hydrogens is 312 g/mol. The monoisotopic (exact) mass is 324 g/mol. The molecule has 1 aromatic heterocycles. The number of carbonyl (C=O) groups is 1. The molecule has 110 valence electrons. The van der Waals surface area contributed by atoms with Crippen molar-refractivity contribution in [1.29, 1.82) is 0 Å². The van der Waals surface area contributed by atoms with E-state index in [0.717, 1.165) is 10.4 Å². The minimum atomic E-state index is -0.998. The van der Waals surface area contributed by atoms with Crippen LogP contribution < -0.4 is 4.74 Å². The second kappa shape index (κ2) is 5.33. The van der Waals surface area contributed by atoms with Gasteiger partial charge in [-0.2, -0.15) is 0 Å². The highest BCUT2D eigenvalue weighted by molar-refractivity contribution is 7.10. The lowest BCUT2D eigenvalue weighted by molar-refractivity contribution is -0.144. The van der Waals surface area contributed by atoms with Crippen LogP contribution in [0.15, 0.2) is 23.6 Å². The Hall–Kier alpha value is -1.56. The molecule has 0 saturated heterocycles. The number of hydrogen-bond acceptors (Lipinski definition) is 4. The van der Waals surface area contributed by atoms with E-state index in [0.29, 0.717) is 21.9 Å². The van der Waals surface area contributed by atoms with E-state index in [-0.39, 0.29) is 6.42 Å². The standard InChI is InChI=1S/C15H13ClO4S/c1-7-12(16)9(13(17)11-3-2-4-21-11)5-8-6-10(15(18)19)20-14(7)8/h2-5,10,13,17H,6H2,1H3,(H,18,19). The molecule has 4 nitrogen and oxygen atoms in total. The minimum Gasteiger partial charge on any atom is -0.478 e. The van der Waals surface area contributed by atoms with Crippen molar-refractivity contribution in [3.8, 4) is 5.75 Å².